The van der Waals surface area contributed by atoms with E-state index in [1.165, 1.54) is 11.3 Å². The van der Waals surface area contributed by atoms with Crippen LogP contribution in [0.5, 0.6) is 0 Å². The molecule has 0 aliphatic rings. The quantitative estimate of drug-likeness (QED) is 0.774. The van der Waals surface area contributed by atoms with E-state index in [4.69, 9.17) is 4.18 Å². The van der Waals surface area contributed by atoms with Gasteiger partial charge in [-0.05, 0) is 13.0 Å². The Labute approximate surface area is 108 Å². The Morgan fingerprint density at radius 2 is 1.94 bits per heavy atom. The highest BCUT2D eigenvalue weighted by atomic mass is 32.2. The van der Waals surface area contributed by atoms with Crippen LogP contribution < -0.4 is 0 Å². The first-order valence-electron chi connectivity index (χ1n) is 4.95. The SMILES string of the molecule is CC(OS(C)(=O)=O)c1nnc(-c2ncccn2)s1. The van der Waals surface area contributed by atoms with Crippen LogP contribution in [0, 0.1) is 0 Å². The largest absolute Gasteiger partial charge is 0.265 e. The van der Waals surface area contributed by atoms with E-state index in [0.29, 0.717) is 15.8 Å². The molecule has 2 aromatic heterocycles. The van der Waals surface area contributed by atoms with Gasteiger partial charge in [0.25, 0.3) is 10.1 Å². The lowest BCUT2D eigenvalue weighted by Gasteiger charge is -2.05. The summed E-state index contributed by atoms with van der Waals surface area (Å²) in [7, 11) is -3.52. The van der Waals surface area contributed by atoms with Gasteiger partial charge < -0.3 is 0 Å². The maximum absolute atomic E-state index is 11.0. The summed E-state index contributed by atoms with van der Waals surface area (Å²) in [6.07, 6.45) is 3.51. The molecule has 2 heterocycles. The van der Waals surface area contributed by atoms with Crippen LogP contribution in [0.3, 0.4) is 0 Å². The smallest absolute Gasteiger partial charge is 0.260 e. The molecule has 2 rings (SSSR count). The first-order valence-corrected chi connectivity index (χ1v) is 7.58. The lowest BCUT2D eigenvalue weighted by atomic mass is 10.4. The minimum atomic E-state index is -3.52. The lowest BCUT2D eigenvalue weighted by molar-refractivity contribution is 0.235. The van der Waals surface area contributed by atoms with E-state index >= 15 is 0 Å². The fourth-order valence-electron chi connectivity index (χ4n) is 1.20. The van der Waals surface area contributed by atoms with Gasteiger partial charge in [-0.15, -0.1) is 10.2 Å². The van der Waals surface area contributed by atoms with Crippen LogP contribution in [0.25, 0.3) is 10.8 Å². The van der Waals surface area contributed by atoms with Crippen LogP contribution in [0.15, 0.2) is 18.5 Å². The van der Waals surface area contributed by atoms with Gasteiger partial charge >= 0.3 is 0 Å². The van der Waals surface area contributed by atoms with E-state index in [0.717, 1.165) is 6.26 Å². The van der Waals surface area contributed by atoms with Crippen LogP contribution in [-0.2, 0) is 14.3 Å². The Hall–Kier alpha value is -1.45. The molecule has 0 aromatic carbocycles. The van der Waals surface area contributed by atoms with Crippen molar-refractivity contribution in [3.63, 3.8) is 0 Å². The Bertz CT molecular complexity index is 626. The van der Waals surface area contributed by atoms with Crippen molar-refractivity contribution >= 4 is 21.5 Å². The molecule has 1 atom stereocenters. The molecule has 96 valence electrons. The molecule has 0 bridgehead atoms. The van der Waals surface area contributed by atoms with E-state index < -0.39 is 16.2 Å². The summed E-state index contributed by atoms with van der Waals surface area (Å²) in [6, 6.07) is 1.70. The van der Waals surface area contributed by atoms with Crippen molar-refractivity contribution in [3.8, 4) is 10.8 Å². The Morgan fingerprint density at radius 3 is 2.56 bits per heavy atom. The highest BCUT2D eigenvalue weighted by Gasteiger charge is 2.18. The van der Waals surface area contributed by atoms with Gasteiger partial charge in [-0.1, -0.05) is 11.3 Å². The molecule has 0 aliphatic heterocycles. The maximum Gasteiger partial charge on any atom is 0.265 e. The summed E-state index contributed by atoms with van der Waals surface area (Å²) < 4.78 is 26.8. The van der Waals surface area contributed by atoms with Crippen molar-refractivity contribution in [2.24, 2.45) is 0 Å². The molecule has 0 saturated carbocycles. The van der Waals surface area contributed by atoms with Gasteiger partial charge in [0.15, 0.2) is 10.8 Å². The molecule has 0 radical (unpaired) electrons. The van der Waals surface area contributed by atoms with Gasteiger partial charge in [0.05, 0.1) is 6.26 Å². The summed E-state index contributed by atoms with van der Waals surface area (Å²) in [5.74, 6) is 0.452. The minimum Gasteiger partial charge on any atom is -0.260 e. The molecule has 0 N–H and O–H groups in total. The molecule has 7 nitrogen and oxygen atoms in total. The Balaban J connectivity index is 2.21. The summed E-state index contributed by atoms with van der Waals surface area (Å²) >= 11 is 1.20. The topological polar surface area (TPSA) is 94.9 Å². The second-order valence-corrected chi connectivity index (χ2v) is 6.07. The van der Waals surface area contributed by atoms with E-state index in [1.54, 1.807) is 25.4 Å². The van der Waals surface area contributed by atoms with Gasteiger partial charge in [0.2, 0.25) is 0 Å². The standard InChI is InChI=1S/C9H10N4O3S2/c1-6(16-18(2,14)15)8-12-13-9(17-8)7-10-4-3-5-11-7/h3-6H,1-2H3. The summed E-state index contributed by atoms with van der Waals surface area (Å²) in [5, 5.41) is 8.77. The van der Waals surface area contributed by atoms with Crippen LogP contribution in [-0.4, -0.2) is 34.8 Å². The number of hydrogen-bond acceptors (Lipinski definition) is 8. The molecule has 0 fully saturated rings. The predicted octanol–water partition coefficient (Wildman–Crippen LogP) is 1.03. The van der Waals surface area contributed by atoms with Crippen LogP contribution in [0.2, 0.25) is 0 Å². The molecule has 18 heavy (non-hydrogen) atoms. The van der Waals surface area contributed by atoms with Crippen molar-refractivity contribution in [1.82, 2.24) is 20.2 Å². The number of aromatic nitrogens is 4. The zero-order valence-corrected chi connectivity index (χ0v) is 11.3. The van der Waals surface area contributed by atoms with Crippen molar-refractivity contribution in [2.45, 2.75) is 13.0 Å². The van der Waals surface area contributed by atoms with Crippen LogP contribution in [0.4, 0.5) is 0 Å². The molecule has 0 aliphatic carbocycles. The van der Waals surface area contributed by atoms with Gasteiger partial charge in [-0.3, -0.25) is 4.18 Å². The average molecular weight is 286 g/mol. The average Bonchev–Trinajstić information content (AvgIpc) is 2.77. The zero-order valence-electron chi connectivity index (χ0n) is 9.64. The Kier molecular flexibility index (Phi) is 3.64. The lowest BCUT2D eigenvalue weighted by Crippen LogP contribution is -2.07. The molecular formula is C9H10N4O3S2. The molecule has 0 spiro atoms. The third kappa shape index (κ3) is 3.28. The van der Waals surface area contributed by atoms with Gasteiger partial charge in [0, 0.05) is 12.4 Å². The second-order valence-electron chi connectivity index (χ2n) is 3.46. The number of rotatable bonds is 4. The van der Waals surface area contributed by atoms with E-state index in [1.807, 2.05) is 0 Å². The normalized spacial score (nSPS) is 13.4. The van der Waals surface area contributed by atoms with Crippen molar-refractivity contribution in [2.75, 3.05) is 6.26 Å². The fraction of sp³-hybridized carbons (Fsp3) is 0.333. The minimum absolute atomic E-state index is 0.452. The molecule has 2 aromatic rings. The van der Waals surface area contributed by atoms with Crippen LogP contribution >= 0.6 is 11.3 Å². The Morgan fingerprint density at radius 1 is 1.28 bits per heavy atom. The third-order valence-electron chi connectivity index (χ3n) is 1.86. The molecule has 9 heteroatoms. The first kappa shape index (κ1) is 13.0. The second kappa shape index (κ2) is 5.04. The van der Waals surface area contributed by atoms with Gasteiger partial charge in [-0.2, -0.15) is 8.42 Å². The highest BCUT2D eigenvalue weighted by Crippen LogP contribution is 2.26. The summed E-state index contributed by atoms with van der Waals surface area (Å²) in [4.78, 5) is 8.07. The van der Waals surface area contributed by atoms with Crippen LogP contribution in [0.1, 0.15) is 18.0 Å². The molecule has 0 amide bonds. The maximum atomic E-state index is 11.0. The van der Waals surface area contributed by atoms with E-state index in [2.05, 4.69) is 20.2 Å². The van der Waals surface area contributed by atoms with Crippen molar-refractivity contribution < 1.29 is 12.6 Å². The highest BCUT2D eigenvalue weighted by molar-refractivity contribution is 7.86. The van der Waals surface area contributed by atoms with Gasteiger partial charge in [0.1, 0.15) is 11.1 Å². The monoisotopic (exact) mass is 286 g/mol. The molecular weight excluding hydrogens is 276 g/mol. The first-order chi connectivity index (χ1) is 8.46. The number of nitrogens with zero attached hydrogens (tertiary/aromatic N) is 4. The molecule has 1 unspecified atom stereocenters. The molecule has 0 saturated heterocycles. The zero-order chi connectivity index (χ0) is 13.2. The third-order valence-corrected chi connectivity index (χ3v) is 3.58. The predicted molar refractivity (Wildman–Crippen MR) is 65.3 cm³/mol. The van der Waals surface area contributed by atoms with Crippen molar-refractivity contribution in [1.29, 1.82) is 0 Å². The van der Waals surface area contributed by atoms with Crippen molar-refractivity contribution in [3.05, 3.63) is 23.5 Å². The fourth-order valence-corrected chi connectivity index (χ4v) is 2.65. The van der Waals surface area contributed by atoms with E-state index in [-0.39, 0.29) is 0 Å². The summed E-state index contributed by atoms with van der Waals surface area (Å²) in [6.45, 7) is 1.59. The van der Waals surface area contributed by atoms with E-state index in [9.17, 15) is 8.42 Å². The van der Waals surface area contributed by atoms with Gasteiger partial charge in [-0.25, -0.2) is 9.97 Å². The summed E-state index contributed by atoms with van der Waals surface area (Å²) in [5.41, 5.74) is 0. The number of hydrogen-bond donors (Lipinski definition) is 0.